The first-order valence-electron chi connectivity index (χ1n) is 8.89. The van der Waals surface area contributed by atoms with Gasteiger partial charge < -0.3 is 10.2 Å². The first kappa shape index (κ1) is 19.3. The molecule has 150 valence electrons. The number of halogens is 1. The van der Waals surface area contributed by atoms with Gasteiger partial charge in [0.1, 0.15) is 0 Å². The van der Waals surface area contributed by atoms with Gasteiger partial charge in [0.2, 0.25) is 5.79 Å². The highest BCUT2D eigenvalue weighted by molar-refractivity contribution is 6.23. The SMILES string of the molecule is O=C(O)C1=CC=C(c2ccccc2)CC1(F)N1C(=O)c2ccc(C(=O)O)cc2C1=O. The molecule has 1 heterocycles. The number of imide groups is 1. The minimum Gasteiger partial charge on any atom is -0.478 e. The van der Waals surface area contributed by atoms with Gasteiger partial charge in [-0.2, -0.15) is 0 Å². The van der Waals surface area contributed by atoms with Crippen molar-refractivity contribution in [1.29, 1.82) is 0 Å². The fourth-order valence-electron chi connectivity index (χ4n) is 3.70. The van der Waals surface area contributed by atoms with Crippen LogP contribution in [-0.2, 0) is 4.79 Å². The van der Waals surface area contributed by atoms with Gasteiger partial charge >= 0.3 is 11.9 Å². The zero-order valence-corrected chi connectivity index (χ0v) is 15.3. The lowest BCUT2D eigenvalue weighted by molar-refractivity contribution is -0.135. The van der Waals surface area contributed by atoms with E-state index in [0.29, 0.717) is 11.1 Å². The Kier molecular flexibility index (Phi) is 4.34. The van der Waals surface area contributed by atoms with Crippen LogP contribution in [0.2, 0.25) is 0 Å². The molecule has 7 nitrogen and oxygen atoms in total. The number of allylic oxidation sites excluding steroid dienone is 2. The Morgan fingerprint density at radius 1 is 0.900 bits per heavy atom. The second-order valence-corrected chi connectivity index (χ2v) is 6.89. The van der Waals surface area contributed by atoms with Crippen LogP contribution in [0.15, 0.2) is 66.3 Å². The molecule has 1 aliphatic carbocycles. The topological polar surface area (TPSA) is 112 Å². The minimum atomic E-state index is -2.94. The molecule has 1 atom stereocenters. The number of amides is 2. The number of carbonyl (C=O) groups excluding carboxylic acids is 2. The number of fused-ring (bicyclic) bond motifs is 1. The molecule has 0 saturated carbocycles. The van der Waals surface area contributed by atoms with E-state index in [1.54, 1.807) is 30.3 Å². The predicted molar refractivity (Wildman–Crippen MR) is 102 cm³/mol. The van der Waals surface area contributed by atoms with Crippen molar-refractivity contribution in [2.75, 3.05) is 0 Å². The Morgan fingerprint density at radius 2 is 1.57 bits per heavy atom. The van der Waals surface area contributed by atoms with Crippen molar-refractivity contribution in [1.82, 2.24) is 4.90 Å². The maximum atomic E-state index is 16.3. The average molecular weight is 407 g/mol. The number of hydrogen-bond donors (Lipinski definition) is 2. The Labute approximate surface area is 169 Å². The number of aromatic carboxylic acids is 1. The van der Waals surface area contributed by atoms with E-state index in [1.165, 1.54) is 6.08 Å². The normalized spacial score (nSPS) is 20.5. The number of alkyl halides is 1. The zero-order valence-electron chi connectivity index (χ0n) is 15.3. The number of benzene rings is 2. The molecule has 30 heavy (non-hydrogen) atoms. The van der Waals surface area contributed by atoms with Gasteiger partial charge in [0, 0.05) is 6.42 Å². The highest BCUT2D eigenvalue weighted by Crippen LogP contribution is 2.44. The maximum absolute atomic E-state index is 16.3. The van der Waals surface area contributed by atoms with E-state index in [4.69, 9.17) is 5.11 Å². The van der Waals surface area contributed by atoms with E-state index in [0.717, 1.165) is 24.3 Å². The molecule has 0 radical (unpaired) electrons. The molecular weight excluding hydrogens is 393 g/mol. The van der Waals surface area contributed by atoms with Crippen molar-refractivity contribution in [3.05, 3.63) is 88.5 Å². The smallest absolute Gasteiger partial charge is 0.336 e. The lowest BCUT2D eigenvalue weighted by Gasteiger charge is -2.36. The monoisotopic (exact) mass is 407 g/mol. The van der Waals surface area contributed by atoms with E-state index in [9.17, 15) is 24.3 Å². The molecule has 1 aliphatic heterocycles. The van der Waals surface area contributed by atoms with Crippen molar-refractivity contribution in [3.8, 4) is 0 Å². The van der Waals surface area contributed by atoms with Gasteiger partial charge in [0.25, 0.3) is 11.8 Å². The molecule has 2 aromatic carbocycles. The molecule has 4 rings (SSSR count). The summed E-state index contributed by atoms with van der Waals surface area (Å²) in [6, 6.07) is 11.9. The van der Waals surface area contributed by atoms with Gasteiger partial charge in [-0.05, 0) is 35.4 Å². The van der Waals surface area contributed by atoms with Gasteiger partial charge in [-0.3, -0.25) is 9.59 Å². The number of nitrogens with zero attached hydrogens (tertiary/aromatic N) is 1. The van der Waals surface area contributed by atoms with Crippen LogP contribution in [0.3, 0.4) is 0 Å². The molecule has 8 heteroatoms. The summed E-state index contributed by atoms with van der Waals surface area (Å²) in [6.45, 7) is 0. The quantitative estimate of drug-likeness (QED) is 0.595. The van der Waals surface area contributed by atoms with Gasteiger partial charge in [0.05, 0.1) is 22.3 Å². The predicted octanol–water partition coefficient (Wildman–Crippen LogP) is 3.14. The Bertz CT molecular complexity index is 1180. The summed E-state index contributed by atoms with van der Waals surface area (Å²) in [4.78, 5) is 49.0. The number of hydrogen-bond acceptors (Lipinski definition) is 4. The summed E-state index contributed by atoms with van der Waals surface area (Å²) >= 11 is 0. The summed E-state index contributed by atoms with van der Waals surface area (Å²) in [5, 5.41) is 18.7. The number of carboxylic acid groups (broad SMARTS) is 2. The molecule has 2 aliphatic rings. The molecular formula is C22H14FNO6. The Balaban J connectivity index is 1.81. The molecule has 0 aromatic heterocycles. The number of aliphatic carboxylic acids is 1. The van der Waals surface area contributed by atoms with Crippen LogP contribution in [0.25, 0.3) is 5.57 Å². The molecule has 2 aromatic rings. The largest absolute Gasteiger partial charge is 0.478 e. The van der Waals surface area contributed by atoms with Crippen molar-refractivity contribution >= 4 is 29.3 Å². The minimum absolute atomic E-state index is 0.178. The van der Waals surface area contributed by atoms with Crippen molar-refractivity contribution in [3.63, 3.8) is 0 Å². The molecule has 0 bridgehead atoms. The van der Waals surface area contributed by atoms with E-state index in [2.05, 4.69) is 0 Å². The molecule has 2 amide bonds. The summed E-state index contributed by atoms with van der Waals surface area (Å²) in [5.74, 6) is -7.96. The van der Waals surface area contributed by atoms with E-state index in [1.807, 2.05) is 0 Å². The first-order chi connectivity index (χ1) is 14.2. The Morgan fingerprint density at radius 3 is 2.20 bits per heavy atom. The van der Waals surface area contributed by atoms with E-state index >= 15 is 4.39 Å². The fourth-order valence-corrected chi connectivity index (χ4v) is 3.70. The van der Waals surface area contributed by atoms with Gasteiger partial charge in [-0.15, -0.1) is 0 Å². The molecule has 0 saturated heterocycles. The van der Waals surface area contributed by atoms with Crippen molar-refractivity contribution in [2.45, 2.75) is 12.2 Å². The first-order valence-corrected chi connectivity index (χ1v) is 8.89. The Hall–Kier alpha value is -4.07. The van der Waals surface area contributed by atoms with Crippen molar-refractivity contribution in [2.24, 2.45) is 0 Å². The lowest BCUT2D eigenvalue weighted by atomic mass is 9.86. The van der Waals surface area contributed by atoms with Gasteiger partial charge in [-0.1, -0.05) is 36.4 Å². The van der Waals surface area contributed by atoms with Crippen LogP contribution in [0, 0.1) is 0 Å². The maximum Gasteiger partial charge on any atom is 0.336 e. The molecule has 1 unspecified atom stereocenters. The summed E-state index contributed by atoms with van der Waals surface area (Å²) in [7, 11) is 0. The van der Waals surface area contributed by atoms with Crippen LogP contribution in [0.5, 0.6) is 0 Å². The highest BCUT2D eigenvalue weighted by atomic mass is 19.1. The van der Waals surface area contributed by atoms with Crippen LogP contribution in [0.4, 0.5) is 4.39 Å². The third kappa shape index (κ3) is 2.81. The number of carboxylic acids is 2. The zero-order chi connectivity index (χ0) is 21.6. The second-order valence-electron chi connectivity index (χ2n) is 6.89. The third-order valence-corrected chi connectivity index (χ3v) is 5.15. The number of carbonyl (C=O) groups is 4. The standard InChI is InChI=1S/C22H14FNO6/c23-22(11-14(7-9-17(22)21(29)30)12-4-2-1-3-5-12)24-18(25)15-8-6-13(20(27)28)10-16(15)19(24)26/h1-10H,11H2,(H,27,28)(H,29,30). The summed E-state index contributed by atoms with van der Waals surface area (Å²) < 4.78 is 16.3. The van der Waals surface area contributed by atoms with Crippen LogP contribution >= 0.6 is 0 Å². The fraction of sp³-hybridized carbons (Fsp3) is 0.0909. The lowest BCUT2D eigenvalue weighted by Crippen LogP contribution is -2.52. The molecule has 0 spiro atoms. The average Bonchev–Trinajstić information content (AvgIpc) is 2.98. The summed E-state index contributed by atoms with van der Waals surface area (Å²) in [5.41, 5.74) is -0.432. The summed E-state index contributed by atoms with van der Waals surface area (Å²) in [6.07, 6.45) is 1.93. The van der Waals surface area contributed by atoms with Crippen LogP contribution < -0.4 is 0 Å². The second kappa shape index (κ2) is 6.77. The molecule has 0 fully saturated rings. The van der Waals surface area contributed by atoms with E-state index < -0.39 is 41.5 Å². The van der Waals surface area contributed by atoms with Gasteiger partial charge in [-0.25, -0.2) is 18.9 Å². The van der Waals surface area contributed by atoms with E-state index in [-0.39, 0.29) is 21.6 Å². The molecule has 2 N–H and O–H groups in total. The van der Waals surface area contributed by atoms with Gasteiger partial charge in [0.15, 0.2) is 0 Å². The van der Waals surface area contributed by atoms with Crippen molar-refractivity contribution < 1.29 is 33.8 Å². The van der Waals surface area contributed by atoms with Crippen LogP contribution in [-0.4, -0.2) is 44.7 Å². The third-order valence-electron chi connectivity index (χ3n) is 5.15. The highest BCUT2D eigenvalue weighted by Gasteiger charge is 2.55. The van der Waals surface area contributed by atoms with Crippen LogP contribution in [0.1, 0.15) is 43.1 Å². The number of rotatable bonds is 4.